The molecule has 6 heteroatoms. The maximum Gasteiger partial charge on any atom is 0.421 e. The van der Waals surface area contributed by atoms with Gasteiger partial charge in [-0.1, -0.05) is 30.3 Å². The third-order valence-corrected chi connectivity index (χ3v) is 4.41. The van der Waals surface area contributed by atoms with Crippen molar-refractivity contribution in [1.82, 2.24) is 9.47 Å². The number of carbonyl (C=O) groups is 1. The average Bonchev–Trinajstić information content (AvgIpc) is 2.97. The number of hydrogen-bond acceptors (Lipinski definition) is 5. The molecule has 3 aromatic rings. The van der Waals surface area contributed by atoms with Crippen molar-refractivity contribution in [3.63, 3.8) is 0 Å². The van der Waals surface area contributed by atoms with Crippen LogP contribution in [0, 0.1) is 0 Å². The summed E-state index contributed by atoms with van der Waals surface area (Å²) in [6.07, 6.45) is 0. The first-order valence-electron chi connectivity index (χ1n) is 8.25. The van der Waals surface area contributed by atoms with E-state index in [4.69, 9.17) is 9.15 Å². The lowest BCUT2D eigenvalue weighted by molar-refractivity contribution is 0.0230. The molecular weight excluding hydrogens is 320 g/mol. The number of nitrogens with zero attached hydrogens (tertiary/aromatic N) is 2. The van der Waals surface area contributed by atoms with Crippen molar-refractivity contribution < 1.29 is 13.9 Å². The second kappa shape index (κ2) is 6.66. The van der Waals surface area contributed by atoms with Gasteiger partial charge in [-0.25, -0.2) is 4.79 Å². The molecule has 2 aromatic carbocycles. The van der Waals surface area contributed by atoms with Crippen LogP contribution in [0.5, 0.6) is 0 Å². The lowest BCUT2D eigenvalue weighted by Gasteiger charge is -2.26. The van der Waals surface area contributed by atoms with Gasteiger partial charge in [-0.05, 0) is 18.2 Å². The van der Waals surface area contributed by atoms with Crippen molar-refractivity contribution in [2.75, 3.05) is 26.3 Å². The average molecular weight is 338 g/mol. The summed E-state index contributed by atoms with van der Waals surface area (Å²) in [5, 5.41) is 0. The molecule has 2 heterocycles. The van der Waals surface area contributed by atoms with Gasteiger partial charge in [0.2, 0.25) is 0 Å². The maximum atomic E-state index is 12.5. The van der Waals surface area contributed by atoms with Gasteiger partial charge in [0.05, 0.1) is 25.4 Å². The van der Waals surface area contributed by atoms with Gasteiger partial charge in [0.1, 0.15) is 0 Å². The van der Waals surface area contributed by atoms with Gasteiger partial charge < -0.3 is 9.15 Å². The molecule has 4 rings (SSSR count). The summed E-state index contributed by atoms with van der Waals surface area (Å²) < 4.78 is 12.3. The number of rotatable bonds is 4. The monoisotopic (exact) mass is 338 g/mol. The summed E-state index contributed by atoms with van der Waals surface area (Å²) >= 11 is 0. The van der Waals surface area contributed by atoms with Crippen LogP contribution in [-0.2, 0) is 11.4 Å². The molecule has 1 aromatic heterocycles. The van der Waals surface area contributed by atoms with Crippen molar-refractivity contribution in [3.8, 4) is 0 Å². The van der Waals surface area contributed by atoms with E-state index in [2.05, 4.69) is 4.90 Å². The molecule has 1 aliphatic rings. The zero-order valence-corrected chi connectivity index (χ0v) is 13.7. The quantitative estimate of drug-likeness (QED) is 0.682. The van der Waals surface area contributed by atoms with Crippen LogP contribution in [0.15, 0.2) is 57.7 Å². The Labute approximate surface area is 144 Å². The van der Waals surface area contributed by atoms with Crippen molar-refractivity contribution in [2.45, 2.75) is 6.67 Å². The molecule has 25 heavy (non-hydrogen) atoms. The highest BCUT2D eigenvalue weighted by Crippen LogP contribution is 2.18. The molecule has 0 amide bonds. The zero-order chi connectivity index (χ0) is 17.2. The van der Waals surface area contributed by atoms with Gasteiger partial charge >= 0.3 is 5.76 Å². The van der Waals surface area contributed by atoms with Gasteiger partial charge in [0, 0.05) is 24.2 Å². The Balaban J connectivity index is 1.66. The third-order valence-electron chi connectivity index (χ3n) is 4.41. The Hall–Kier alpha value is -2.70. The minimum absolute atomic E-state index is 0.0916. The van der Waals surface area contributed by atoms with Gasteiger partial charge in [-0.15, -0.1) is 0 Å². The number of benzene rings is 2. The SMILES string of the molecule is O=C(c1ccccc1)c1ccc2c(c1)oc(=O)n2CN1CCOCC1. The molecule has 6 nitrogen and oxygen atoms in total. The van der Waals surface area contributed by atoms with Crippen LogP contribution < -0.4 is 5.76 Å². The van der Waals surface area contributed by atoms with E-state index in [1.54, 1.807) is 34.9 Å². The standard InChI is InChI=1S/C19H18N2O4/c22-18(14-4-2-1-3-5-14)15-6-7-16-17(12-15)25-19(23)21(16)13-20-8-10-24-11-9-20/h1-7,12H,8-11,13H2. The highest BCUT2D eigenvalue weighted by molar-refractivity contribution is 6.10. The molecule has 0 N–H and O–H groups in total. The van der Waals surface area contributed by atoms with Crippen LogP contribution in [0.2, 0.25) is 0 Å². The molecular formula is C19H18N2O4. The van der Waals surface area contributed by atoms with E-state index in [-0.39, 0.29) is 5.78 Å². The first kappa shape index (κ1) is 15.8. The number of ketones is 1. The molecule has 1 aliphatic heterocycles. The van der Waals surface area contributed by atoms with Gasteiger partial charge in [0.25, 0.3) is 0 Å². The van der Waals surface area contributed by atoms with Gasteiger partial charge in [-0.3, -0.25) is 14.3 Å². The van der Waals surface area contributed by atoms with E-state index in [0.29, 0.717) is 42.1 Å². The largest absolute Gasteiger partial charge is 0.421 e. The molecule has 0 saturated carbocycles. The van der Waals surface area contributed by atoms with Crippen LogP contribution in [0.25, 0.3) is 11.1 Å². The molecule has 1 saturated heterocycles. The topological polar surface area (TPSA) is 64.7 Å². The fourth-order valence-electron chi connectivity index (χ4n) is 3.04. The molecule has 0 aliphatic carbocycles. The zero-order valence-electron chi connectivity index (χ0n) is 13.7. The van der Waals surface area contributed by atoms with E-state index >= 15 is 0 Å². The predicted molar refractivity (Wildman–Crippen MR) is 92.7 cm³/mol. The molecule has 0 unspecified atom stereocenters. The highest BCUT2D eigenvalue weighted by Gasteiger charge is 2.17. The van der Waals surface area contributed by atoms with Crippen molar-refractivity contribution in [1.29, 1.82) is 0 Å². The van der Waals surface area contributed by atoms with Crippen molar-refractivity contribution >= 4 is 16.9 Å². The first-order chi connectivity index (χ1) is 12.2. The number of ether oxygens (including phenoxy) is 1. The van der Waals surface area contributed by atoms with Crippen LogP contribution >= 0.6 is 0 Å². The number of aromatic nitrogens is 1. The number of fused-ring (bicyclic) bond motifs is 1. The minimum atomic E-state index is -0.411. The number of hydrogen-bond donors (Lipinski definition) is 0. The summed E-state index contributed by atoms with van der Waals surface area (Å²) in [6, 6.07) is 14.2. The van der Waals surface area contributed by atoms with Crippen LogP contribution in [0.4, 0.5) is 0 Å². The molecule has 128 valence electrons. The van der Waals surface area contributed by atoms with Crippen LogP contribution in [-0.4, -0.2) is 41.6 Å². The van der Waals surface area contributed by atoms with E-state index in [1.165, 1.54) is 0 Å². The Morgan fingerprint density at radius 2 is 1.76 bits per heavy atom. The fourth-order valence-corrected chi connectivity index (χ4v) is 3.04. The molecule has 0 radical (unpaired) electrons. The summed E-state index contributed by atoms with van der Waals surface area (Å²) in [5.74, 6) is -0.503. The van der Waals surface area contributed by atoms with Gasteiger partial charge in [-0.2, -0.15) is 0 Å². The molecule has 0 spiro atoms. The second-order valence-electron chi connectivity index (χ2n) is 6.05. The van der Waals surface area contributed by atoms with E-state index < -0.39 is 5.76 Å². The first-order valence-corrected chi connectivity index (χ1v) is 8.25. The second-order valence-corrected chi connectivity index (χ2v) is 6.05. The lowest BCUT2D eigenvalue weighted by Crippen LogP contribution is -2.39. The third kappa shape index (κ3) is 3.14. The summed E-state index contributed by atoms with van der Waals surface area (Å²) in [5.41, 5.74) is 2.24. The number of carbonyl (C=O) groups excluding carboxylic acids is 1. The van der Waals surface area contributed by atoms with Crippen molar-refractivity contribution in [2.24, 2.45) is 0 Å². The summed E-state index contributed by atoms with van der Waals surface area (Å²) in [4.78, 5) is 26.9. The molecule has 1 fully saturated rings. The smallest absolute Gasteiger partial charge is 0.408 e. The summed E-state index contributed by atoms with van der Waals surface area (Å²) in [6.45, 7) is 3.36. The molecule has 0 bridgehead atoms. The Morgan fingerprint density at radius 3 is 2.52 bits per heavy atom. The van der Waals surface area contributed by atoms with Crippen LogP contribution in [0.1, 0.15) is 15.9 Å². The molecule has 0 atom stereocenters. The number of oxazole rings is 1. The Bertz CT molecular complexity index is 952. The predicted octanol–water partition coefficient (Wildman–Crippen LogP) is 2.12. The summed E-state index contributed by atoms with van der Waals surface area (Å²) in [7, 11) is 0. The normalized spacial score (nSPS) is 15.5. The maximum absolute atomic E-state index is 12.5. The highest BCUT2D eigenvalue weighted by atomic mass is 16.5. The van der Waals surface area contributed by atoms with Gasteiger partial charge in [0.15, 0.2) is 11.4 Å². The van der Waals surface area contributed by atoms with E-state index in [1.807, 2.05) is 18.2 Å². The minimum Gasteiger partial charge on any atom is -0.408 e. The fraction of sp³-hybridized carbons (Fsp3) is 0.263. The van der Waals surface area contributed by atoms with Crippen LogP contribution in [0.3, 0.4) is 0 Å². The Morgan fingerprint density at radius 1 is 1.00 bits per heavy atom. The number of morpholine rings is 1. The Kier molecular flexibility index (Phi) is 4.21. The lowest BCUT2D eigenvalue weighted by atomic mass is 10.0. The van der Waals surface area contributed by atoms with Crippen molar-refractivity contribution in [3.05, 3.63) is 70.2 Å². The van der Waals surface area contributed by atoms with E-state index in [9.17, 15) is 9.59 Å². The van der Waals surface area contributed by atoms with E-state index in [0.717, 1.165) is 13.1 Å².